The number of benzene rings is 1. The van der Waals surface area contributed by atoms with E-state index in [2.05, 4.69) is 33.5 Å². The van der Waals surface area contributed by atoms with E-state index >= 15 is 0 Å². The molecule has 5 nitrogen and oxygen atoms in total. The molecular formula is C18H30N4O. The lowest BCUT2D eigenvalue weighted by Gasteiger charge is -2.32. The van der Waals surface area contributed by atoms with E-state index in [1.165, 1.54) is 25.9 Å². The van der Waals surface area contributed by atoms with Crippen molar-refractivity contribution in [3.63, 3.8) is 0 Å². The molecule has 1 aromatic carbocycles. The third-order valence-corrected chi connectivity index (χ3v) is 4.47. The van der Waals surface area contributed by atoms with Crippen LogP contribution >= 0.6 is 0 Å². The van der Waals surface area contributed by atoms with Crippen LogP contribution in [0.2, 0.25) is 0 Å². The highest BCUT2D eigenvalue weighted by molar-refractivity contribution is 5.79. The van der Waals surface area contributed by atoms with Gasteiger partial charge in [-0.3, -0.25) is 4.99 Å². The molecule has 1 aliphatic heterocycles. The van der Waals surface area contributed by atoms with Gasteiger partial charge in [-0.15, -0.1) is 0 Å². The number of aliphatic imine (C=N–C) groups is 1. The van der Waals surface area contributed by atoms with Gasteiger partial charge in [-0.2, -0.15) is 0 Å². The fraction of sp³-hybridized carbons (Fsp3) is 0.611. The lowest BCUT2D eigenvalue weighted by Crippen LogP contribution is -2.44. The molecular weight excluding hydrogens is 288 g/mol. The number of para-hydroxylation sites is 1. The van der Waals surface area contributed by atoms with Gasteiger partial charge in [-0.25, -0.2) is 0 Å². The Morgan fingerprint density at radius 3 is 2.91 bits per heavy atom. The zero-order valence-corrected chi connectivity index (χ0v) is 14.6. The third kappa shape index (κ3) is 5.43. The Labute approximate surface area is 140 Å². The van der Waals surface area contributed by atoms with Crippen LogP contribution in [0.5, 0.6) is 5.75 Å². The van der Waals surface area contributed by atoms with E-state index in [0.717, 1.165) is 30.4 Å². The van der Waals surface area contributed by atoms with Gasteiger partial charge in [0.25, 0.3) is 0 Å². The summed E-state index contributed by atoms with van der Waals surface area (Å²) in [6.07, 6.45) is 2.60. The maximum Gasteiger partial charge on any atom is 0.191 e. The molecule has 5 heteroatoms. The Morgan fingerprint density at radius 2 is 2.17 bits per heavy atom. The quantitative estimate of drug-likeness (QED) is 0.623. The molecule has 0 saturated carbocycles. The molecule has 0 aromatic heterocycles. The van der Waals surface area contributed by atoms with Gasteiger partial charge in [0.15, 0.2) is 5.96 Å². The second-order valence-corrected chi connectivity index (χ2v) is 6.02. The summed E-state index contributed by atoms with van der Waals surface area (Å²) >= 11 is 0. The molecule has 1 heterocycles. The molecule has 1 unspecified atom stereocenters. The molecule has 1 fully saturated rings. The van der Waals surface area contributed by atoms with Crippen molar-refractivity contribution in [2.45, 2.75) is 26.3 Å². The number of methoxy groups -OCH3 is 1. The second-order valence-electron chi connectivity index (χ2n) is 6.02. The van der Waals surface area contributed by atoms with E-state index in [1.54, 1.807) is 7.11 Å². The van der Waals surface area contributed by atoms with E-state index < -0.39 is 0 Å². The molecule has 0 bridgehead atoms. The summed E-state index contributed by atoms with van der Waals surface area (Å²) in [4.78, 5) is 6.85. The van der Waals surface area contributed by atoms with Gasteiger partial charge in [0.05, 0.1) is 7.11 Å². The van der Waals surface area contributed by atoms with E-state index in [1.807, 2.05) is 25.2 Å². The number of nitrogens with zero attached hydrogens (tertiary/aromatic N) is 2. The summed E-state index contributed by atoms with van der Waals surface area (Å²) in [5.74, 6) is 2.46. The number of guanidine groups is 1. The number of nitrogens with one attached hydrogen (secondary N) is 2. The molecule has 0 amide bonds. The summed E-state index contributed by atoms with van der Waals surface area (Å²) in [5.41, 5.74) is 1.13. The van der Waals surface area contributed by atoms with Crippen LogP contribution in [-0.2, 0) is 6.54 Å². The van der Waals surface area contributed by atoms with Crippen LogP contribution in [0, 0.1) is 5.92 Å². The molecule has 0 aliphatic carbocycles. The molecule has 1 aliphatic rings. The van der Waals surface area contributed by atoms with Gasteiger partial charge in [0.2, 0.25) is 0 Å². The molecule has 1 aromatic rings. The third-order valence-electron chi connectivity index (χ3n) is 4.47. The molecule has 0 radical (unpaired) electrons. The first-order valence-corrected chi connectivity index (χ1v) is 8.55. The Balaban J connectivity index is 1.79. The fourth-order valence-corrected chi connectivity index (χ4v) is 3.09. The number of hydrogen-bond donors (Lipinski definition) is 2. The van der Waals surface area contributed by atoms with Crippen LogP contribution in [0.25, 0.3) is 0 Å². The van der Waals surface area contributed by atoms with Crippen molar-refractivity contribution in [2.75, 3.05) is 40.3 Å². The zero-order chi connectivity index (χ0) is 16.5. The van der Waals surface area contributed by atoms with Crippen LogP contribution in [0.4, 0.5) is 0 Å². The minimum absolute atomic E-state index is 0.702. The predicted octanol–water partition coefficient (Wildman–Crippen LogP) is 2.09. The van der Waals surface area contributed by atoms with E-state index in [-0.39, 0.29) is 0 Å². The minimum atomic E-state index is 0.702. The lowest BCUT2D eigenvalue weighted by atomic mass is 9.98. The average Bonchev–Trinajstić information content (AvgIpc) is 2.62. The lowest BCUT2D eigenvalue weighted by molar-refractivity contribution is 0.183. The van der Waals surface area contributed by atoms with Crippen molar-refractivity contribution in [3.8, 4) is 5.75 Å². The normalized spacial score (nSPS) is 19.4. The Kier molecular flexibility index (Phi) is 7.20. The highest BCUT2D eigenvalue weighted by atomic mass is 16.5. The van der Waals surface area contributed by atoms with E-state index in [4.69, 9.17) is 4.74 Å². The van der Waals surface area contributed by atoms with Gasteiger partial charge in [0.1, 0.15) is 5.75 Å². The molecule has 1 saturated heterocycles. The Bertz CT molecular complexity index is 504. The van der Waals surface area contributed by atoms with E-state index in [0.29, 0.717) is 12.5 Å². The van der Waals surface area contributed by atoms with Crippen molar-refractivity contribution in [1.29, 1.82) is 0 Å². The van der Waals surface area contributed by atoms with Gasteiger partial charge >= 0.3 is 0 Å². The Morgan fingerprint density at radius 1 is 1.35 bits per heavy atom. The molecule has 128 valence electrons. The van der Waals surface area contributed by atoms with Crippen LogP contribution in [-0.4, -0.2) is 51.2 Å². The zero-order valence-electron chi connectivity index (χ0n) is 14.6. The topological polar surface area (TPSA) is 48.9 Å². The van der Waals surface area contributed by atoms with Crippen LogP contribution in [0.15, 0.2) is 29.3 Å². The minimum Gasteiger partial charge on any atom is -0.496 e. The first kappa shape index (κ1) is 17.6. The summed E-state index contributed by atoms with van der Waals surface area (Å²) in [7, 11) is 3.52. The standard InChI is InChI=1S/C18H30N4O/c1-4-22-11-7-8-15(14-22)12-20-18(19-2)21-13-16-9-5-6-10-17(16)23-3/h5-6,9-10,15H,4,7-8,11-14H2,1-3H3,(H2,19,20,21). The van der Waals surface area contributed by atoms with Gasteiger partial charge < -0.3 is 20.3 Å². The Hall–Kier alpha value is -1.75. The number of rotatable bonds is 6. The van der Waals surface area contributed by atoms with Crippen molar-refractivity contribution in [1.82, 2.24) is 15.5 Å². The molecule has 23 heavy (non-hydrogen) atoms. The predicted molar refractivity (Wildman–Crippen MR) is 96.0 cm³/mol. The first-order chi connectivity index (χ1) is 11.3. The van der Waals surface area contributed by atoms with Gasteiger partial charge in [-0.1, -0.05) is 25.1 Å². The molecule has 2 rings (SSSR count). The number of piperidine rings is 1. The maximum atomic E-state index is 5.38. The van der Waals surface area contributed by atoms with Crippen LogP contribution in [0.3, 0.4) is 0 Å². The van der Waals surface area contributed by atoms with Gasteiger partial charge in [-0.05, 0) is 37.9 Å². The van der Waals surface area contributed by atoms with Gasteiger partial charge in [0, 0.05) is 32.2 Å². The molecule has 0 spiro atoms. The monoisotopic (exact) mass is 318 g/mol. The summed E-state index contributed by atoms with van der Waals surface area (Å²) in [6, 6.07) is 8.06. The second kappa shape index (κ2) is 9.40. The summed E-state index contributed by atoms with van der Waals surface area (Å²) in [5, 5.41) is 6.83. The SMILES string of the molecule is CCN1CCCC(CNC(=NC)NCc2ccccc2OC)C1. The summed E-state index contributed by atoms with van der Waals surface area (Å²) < 4.78 is 5.38. The number of likely N-dealkylation sites (tertiary alicyclic amines) is 1. The maximum absolute atomic E-state index is 5.38. The number of hydrogen-bond acceptors (Lipinski definition) is 3. The largest absolute Gasteiger partial charge is 0.496 e. The van der Waals surface area contributed by atoms with Crippen LogP contribution < -0.4 is 15.4 Å². The first-order valence-electron chi connectivity index (χ1n) is 8.55. The highest BCUT2D eigenvalue weighted by Crippen LogP contribution is 2.17. The number of ether oxygens (including phenoxy) is 1. The van der Waals surface area contributed by atoms with Crippen molar-refractivity contribution < 1.29 is 4.74 Å². The molecule has 2 N–H and O–H groups in total. The van der Waals surface area contributed by atoms with Crippen molar-refractivity contribution in [3.05, 3.63) is 29.8 Å². The van der Waals surface area contributed by atoms with Crippen molar-refractivity contribution >= 4 is 5.96 Å². The summed E-state index contributed by atoms with van der Waals surface area (Å²) in [6.45, 7) is 7.50. The van der Waals surface area contributed by atoms with Crippen molar-refractivity contribution in [2.24, 2.45) is 10.9 Å². The average molecular weight is 318 g/mol. The van der Waals surface area contributed by atoms with Crippen LogP contribution in [0.1, 0.15) is 25.3 Å². The molecule has 1 atom stereocenters. The fourth-order valence-electron chi connectivity index (χ4n) is 3.09. The smallest absolute Gasteiger partial charge is 0.191 e. The highest BCUT2D eigenvalue weighted by Gasteiger charge is 2.18. The van der Waals surface area contributed by atoms with E-state index in [9.17, 15) is 0 Å².